The third kappa shape index (κ3) is 5.57. The maximum absolute atomic E-state index is 13.3. The maximum atomic E-state index is 13.3. The Morgan fingerprint density at radius 3 is 2.61 bits per heavy atom. The summed E-state index contributed by atoms with van der Waals surface area (Å²) in [4.78, 5) is 26.7. The van der Waals surface area contributed by atoms with Gasteiger partial charge in [-0.3, -0.25) is 9.59 Å². The lowest BCUT2D eigenvalue weighted by atomic mass is 10.1. The molecule has 0 aliphatic heterocycles. The zero-order valence-electron chi connectivity index (χ0n) is 15.3. The van der Waals surface area contributed by atoms with Gasteiger partial charge in [0.25, 0.3) is 5.56 Å². The number of amides is 1. The molecule has 0 radical (unpaired) electrons. The van der Waals surface area contributed by atoms with E-state index in [4.69, 9.17) is 0 Å². The number of hydrogen-bond acceptors (Lipinski definition) is 4. The summed E-state index contributed by atoms with van der Waals surface area (Å²) >= 11 is 0. The van der Waals surface area contributed by atoms with Gasteiger partial charge in [-0.25, -0.2) is 4.39 Å². The lowest BCUT2D eigenvalue weighted by Crippen LogP contribution is -2.26. The van der Waals surface area contributed by atoms with Crippen molar-refractivity contribution < 1.29 is 9.18 Å². The molecule has 0 bridgehead atoms. The van der Waals surface area contributed by atoms with Crippen molar-refractivity contribution in [1.29, 1.82) is 0 Å². The van der Waals surface area contributed by atoms with Crippen LogP contribution in [0.15, 0.2) is 59.4 Å². The van der Waals surface area contributed by atoms with Crippen molar-refractivity contribution in [3.8, 4) is 11.4 Å². The molecule has 0 unspecified atom stereocenters. The van der Waals surface area contributed by atoms with Crippen molar-refractivity contribution in [2.75, 3.05) is 6.54 Å². The fraction of sp³-hybridized carbons (Fsp3) is 0.238. The quantitative estimate of drug-likeness (QED) is 0.588. The predicted octanol–water partition coefficient (Wildman–Crippen LogP) is 2.65. The summed E-state index contributed by atoms with van der Waals surface area (Å²) in [6, 6.07) is 15.8. The van der Waals surface area contributed by atoms with Crippen LogP contribution in [0.4, 0.5) is 4.39 Å². The summed E-state index contributed by atoms with van der Waals surface area (Å²) in [5.74, 6) is -0.366. The van der Waals surface area contributed by atoms with Crippen LogP contribution in [0.3, 0.4) is 0 Å². The third-order valence-electron chi connectivity index (χ3n) is 4.26. The normalized spacial score (nSPS) is 10.6. The maximum Gasteiger partial charge on any atom is 0.273 e. The first-order valence-corrected chi connectivity index (χ1v) is 9.14. The molecular weight excluding hydrogens is 359 g/mol. The highest BCUT2D eigenvalue weighted by atomic mass is 19.1. The van der Waals surface area contributed by atoms with E-state index < -0.39 is 11.4 Å². The van der Waals surface area contributed by atoms with Gasteiger partial charge in [0.2, 0.25) is 5.91 Å². The summed E-state index contributed by atoms with van der Waals surface area (Å²) in [5, 5.41) is 10.7. The Morgan fingerprint density at radius 2 is 1.86 bits per heavy atom. The van der Waals surface area contributed by atoms with Crippen LogP contribution in [-0.2, 0) is 17.6 Å². The van der Waals surface area contributed by atoms with E-state index in [0.717, 1.165) is 12.8 Å². The van der Waals surface area contributed by atoms with E-state index in [1.54, 1.807) is 6.07 Å². The molecule has 144 valence electrons. The van der Waals surface area contributed by atoms with Crippen molar-refractivity contribution >= 4 is 5.91 Å². The van der Waals surface area contributed by atoms with Gasteiger partial charge in [-0.15, -0.1) is 10.2 Å². The van der Waals surface area contributed by atoms with Crippen LogP contribution in [0.1, 0.15) is 24.1 Å². The number of aromatic amines is 1. The second-order valence-corrected chi connectivity index (χ2v) is 6.40. The summed E-state index contributed by atoms with van der Waals surface area (Å²) in [6.45, 7) is 0.578. The molecular formula is C21H21FN4O2. The Labute approximate surface area is 161 Å². The fourth-order valence-corrected chi connectivity index (χ4v) is 2.77. The standard InChI is InChI=1S/C21H21FN4O2/c22-17-10-4-9-16(14-17)20-24-21(28)18(25-26-20)11-12-19(27)23-13-5-8-15-6-2-1-3-7-15/h1-4,6-7,9-10,14H,5,8,11-13H2,(H,23,27)(H,24,26,28). The predicted molar refractivity (Wildman–Crippen MR) is 104 cm³/mol. The topological polar surface area (TPSA) is 87.7 Å². The minimum absolute atomic E-state index is 0.136. The van der Waals surface area contributed by atoms with E-state index in [1.165, 1.54) is 23.8 Å². The first-order chi connectivity index (χ1) is 13.6. The third-order valence-corrected chi connectivity index (χ3v) is 4.26. The zero-order valence-corrected chi connectivity index (χ0v) is 15.3. The average Bonchev–Trinajstić information content (AvgIpc) is 2.71. The van der Waals surface area contributed by atoms with E-state index in [0.29, 0.717) is 12.1 Å². The molecule has 1 aromatic heterocycles. The van der Waals surface area contributed by atoms with Crippen LogP contribution in [0.25, 0.3) is 11.4 Å². The van der Waals surface area contributed by atoms with Crippen LogP contribution < -0.4 is 10.9 Å². The Kier molecular flexibility index (Phi) is 6.62. The molecule has 3 rings (SSSR count). The summed E-state index contributed by atoms with van der Waals surface area (Å²) in [5.41, 5.74) is 1.43. The molecule has 2 N–H and O–H groups in total. The van der Waals surface area contributed by atoms with Gasteiger partial charge in [-0.2, -0.15) is 0 Å². The molecule has 0 aliphatic rings. The van der Waals surface area contributed by atoms with Crippen LogP contribution in [-0.4, -0.2) is 27.6 Å². The number of nitrogens with one attached hydrogen (secondary N) is 2. The molecule has 0 spiro atoms. The molecule has 1 amide bonds. The van der Waals surface area contributed by atoms with Gasteiger partial charge < -0.3 is 10.3 Å². The summed E-state index contributed by atoms with van der Waals surface area (Å²) in [7, 11) is 0. The van der Waals surface area contributed by atoms with Crippen molar-refractivity contribution in [1.82, 2.24) is 20.5 Å². The Hall–Kier alpha value is -3.35. The smallest absolute Gasteiger partial charge is 0.273 e. The number of carbonyl (C=O) groups is 1. The number of hydrogen-bond donors (Lipinski definition) is 2. The molecule has 0 saturated heterocycles. The van der Waals surface area contributed by atoms with Gasteiger partial charge in [0.05, 0.1) is 0 Å². The summed E-state index contributed by atoms with van der Waals surface area (Å²) < 4.78 is 13.3. The number of aromatic nitrogens is 3. The van der Waals surface area contributed by atoms with Crippen molar-refractivity contribution in [3.05, 3.63) is 82.0 Å². The number of nitrogens with zero attached hydrogens (tertiary/aromatic N) is 2. The van der Waals surface area contributed by atoms with Crippen molar-refractivity contribution in [2.24, 2.45) is 0 Å². The van der Waals surface area contributed by atoms with Gasteiger partial charge in [0.15, 0.2) is 5.82 Å². The van der Waals surface area contributed by atoms with E-state index in [9.17, 15) is 14.0 Å². The average molecular weight is 380 g/mol. The molecule has 2 aromatic carbocycles. The number of H-pyrrole nitrogens is 1. The molecule has 0 saturated carbocycles. The number of carbonyl (C=O) groups excluding carboxylic acids is 1. The molecule has 0 fully saturated rings. The second kappa shape index (κ2) is 9.55. The molecule has 3 aromatic rings. The number of halogens is 1. The zero-order chi connectivity index (χ0) is 19.8. The largest absolute Gasteiger partial charge is 0.356 e. The minimum atomic E-state index is -0.425. The van der Waals surface area contributed by atoms with Gasteiger partial charge in [0, 0.05) is 24.9 Å². The van der Waals surface area contributed by atoms with E-state index in [2.05, 4.69) is 32.6 Å². The molecule has 7 heteroatoms. The molecule has 1 heterocycles. The van der Waals surface area contributed by atoms with Crippen molar-refractivity contribution in [2.45, 2.75) is 25.7 Å². The molecule has 0 atom stereocenters. The Morgan fingerprint density at radius 1 is 1.04 bits per heavy atom. The highest BCUT2D eigenvalue weighted by molar-refractivity contribution is 5.76. The lowest BCUT2D eigenvalue weighted by Gasteiger charge is -2.05. The second-order valence-electron chi connectivity index (χ2n) is 6.40. The highest BCUT2D eigenvalue weighted by Gasteiger charge is 2.09. The number of benzene rings is 2. The summed E-state index contributed by atoms with van der Waals surface area (Å²) in [6.07, 6.45) is 2.09. The van der Waals surface area contributed by atoms with Gasteiger partial charge in [-0.05, 0) is 30.5 Å². The Balaban J connectivity index is 1.46. The van der Waals surface area contributed by atoms with Crippen LogP contribution >= 0.6 is 0 Å². The molecule has 0 aliphatic carbocycles. The SMILES string of the molecule is O=C(CCc1nnc(-c2cccc(F)c2)[nH]c1=O)NCCCc1ccccc1. The Bertz CT molecular complexity index is 989. The number of rotatable bonds is 8. The first-order valence-electron chi connectivity index (χ1n) is 9.14. The van der Waals surface area contributed by atoms with Gasteiger partial charge in [-0.1, -0.05) is 42.5 Å². The van der Waals surface area contributed by atoms with E-state index in [-0.39, 0.29) is 30.3 Å². The van der Waals surface area contributed by atoms with E-state index in [1.807, 2.05) is 18.2 Å². The number of aryl methyl sites for hydroxylation is 2. The lowest BCUT2D eigenvalue weighted by molar-refractivity contribution is -0.121. The molecule has 6 nitrogen and oxygen atoms in total. The van der Waals surface area contributed by atoms with Gasteiger partial charge >= 0.3 is 0 Å². The monoisotopic (exact) mass is 380 g/mol. The van der Waals surface area contributed by atoms with Crippen molar-refractivity contribution in [3.63, 3.8) is 0 Å². The molecule has 28 heavy (non-hydrogen) atoms. The van der Waals surface area contributed by atoms with Crippen LogP contribution in [0.2, 0.25) is 0 Å². The highest BCUT2D eigenvalue weighted by Crippen LogP contribution is 2.13. The fourth-order valence-electron chi connectivity index (χ4n) is 2.77. The van der Waals surface area contributed by atoms with E-state index >= 15 is 0 Å². The van der Waals surface area contributed by atoms with Gasteiger partial charge in [0.1, 0.15) is 11.5 Å². The van der Waals surface area contributed by atoms with Crippen LogP contribution in [0.5, 0.6) is 0 Å². The van der Waals surface area contributed by atoms with Crippen LogP contribution in [0, 0.1) is 5.82 Å². The minimum Gasteiger partial charge on any atom is -0.356 e. The first kappa shape index (κ1) is 19.4.